The summed E-state index contributed by atoms with van der Waals surface area (Å²) in [6.07, 6.45) is 1.10. The zero-order chi connectivity index (χ0) is 10.7. The predicted molar refractivity (Wildman–Crippen MR) is 57.8 cm³/mol. The SMILES string of the molecule is CCSC1=C(CC)C(=O)N(C)C(=O)C1. The maximum atomic E-state index is 11.7. The van der Waals surface area contributed by atoms with Crippen molar-refractivity contribution in [1.82, 2.24) is 4.90 Å². The third-order valence-electron chi connectivity index (χ3n) is 2.26. The molecule has 1 rings (SSSR count). The van der Waals surface area contributed by atoms with Gasteiger partial charge in [-0.1, -0.05) is 13.8 Å². The van der Waals surface area contributed by atoms with Crippen LogP contribution in [0.2, 0.25) is 0 Å². The normalized spacial score (nSPS) is 18.1. The van der Waals surface area contributed by atoms with E-state index in [1.807, 2.05) is 13.8 Å². The molecule has 0 aliphatic carbocycles. The van der Waals surface area contributed by atoms with E-state index in [0.29, 0.717) is 12.8 Å². The molecule has 1 heterocycles. The number of nitrogens with zero attached hydrogens (tertiary/aromatic N) is 1. The van der Waals surface area contributed by atoms with Gasteiger partial charge in [-0.2, -0.15) is 0 Å². The first-order valence-electron chi connectivity index (χ1n) is 4.77. The minimum absolute atomic E-state index is 0.0943. The highest BCUT2D eigenvalue weighted by Crippen LogP contribution is 2.30. The largest absolute Gasteiger partial charge is 0.282 e. The van der Waals surface area contributed by atoms with Crippen LogP contribution < -0.4 is 0 Å². The van der Waals surface area contributed by atoms with Crippen LogP contribution in [0.1, 0.15) is 26.7 Å². The molecule has 2 amide bonds. The monoisotopic (exact) mass is 213 g/mol. The third kappa shape index (κ3) is 2.00. The Balaban J connectivity index is 3.01. The van der Waals surface area contributed by atoms with E-state index >= 15 is 0 Å². The van der Waals surface area contributed by atoms with Crippen LogP contribution >= 0.6 is 11.8 Å². The van der Waals surface area contributed by atoms with Crippen molar-refractivity contribution in [1.29, 1.82) is 0 Å². The summed E-state index contributed by atoms with van der Waals surface area (Å²) in [5.74, 6) is 0.686. The van der Waals surface area contributed by atoms with E-state index in [4.69, 9.17) is 0 Å². The lowest BCUT2D eigenvalue weighted by molar-refractivity contribution is -0.141. The Hall–Kier alpha value is -0.770. The Bertz CT molecular complexity index is 296. The van der Waals surface area contributed by atoms with Crippen molar-refractivity contribution < 1.29 is 9.59 Å². The molecule has 0 aromatic rings. The van der Waals surface area contributed by atoms with Gasteiger partial charge < -0.3 is 0 Å². The summed E-state index contributed by atoms with van der Waals surface area (Å²) in [6.45, 7) is 3.98. The lowest BCUT2D eigenvalue weighted by Gasteiger charge is -2.24. The van der Waals surface area contributed by atoms with Crippen molar-refractivity contribution in [3.05, 3.63) is 10.5 Å². The van der Waals surface area contributed by atoms with Crippen LogP contribution in [0.5, 0.6) is 0 Å². The van der Waals surface area contributed by atoms with Gasteiger partial charge in [0.05, 0.1) is 6.42 Å². The molecule has 0 aromatic carbocycles. The number of rotatable bonds is 3. The van der Waals surface area contributed by atoms with E-state index in [9.17, 15) is 9.59 Å². The van der Waals surface area contributed by atoms with E-state index in [1.54, 1.807) is 18.8 Å². The van der Waals surface area contributed by atoms with E-state index in [0.717, 1.165) is 16.2 Å². The molecule has 0 aromatic heterocycles. The highest BCUT2D eigenvalue weighted by Gasteiger charge is 2.29. The van der Waals surface area contributed by atoms with Gasteiger partial charge in [-0.05, 0) is 12.2 Å². The number of carbonyl (C=O) groups is 2. The Labute approximate surface area is 88.5 Å². The fourth-order valence-corrected chi connectivity index (χ4v) is 2.44. The summed E-state index contributed by atoms with van der Waals surface area (Å²) >= 11 is 1.61. The van der Waals surface area contributed by atoms with Crippen molar-refractivity contribution in [3.63, 3.8) is 0 Å². The zero-order valence-electron chi connectivity index (χ0n) is 8.79. The smallest absolute Gasteiger partial charge is 0.256 e. The molecule has 0 unspecified atom stereocenters. The number of hydrogen-bond donors (Lipinski definition) is 0. The van der Waals surface area contributed by atoms with Gasteiger partial charge in [-0.15, -0.1) is 11.8 Å². The average Bonchev–Trinajstić information content (AvgIpc) is 2.16. The van der Waals surface area contributed by atoms with Gasteiger partial charge in [-0.3, -0.25) is 14.5 Å². The zero-order valence-corrected chi connectivity index (χ0v) is 9.61. The van der Waals surface area contributed by atoms with Gasteiger partial charge in [-0.25, -0.2) is 0 Å². The van der Waals surface area contributed by atoms with Gasteiger partial charge in [0.1, 0.15) is 0 Å². The van der Waals surface area contributed by atoms with Crippen LogP contribution in [0.4, 0.5) is 0 Å². The van der Waals surface area contributed by atoms with Gasteiger partial charge in [0.2, 0.25) is 5.91 Å². The van der Waals surface area contributed by atoms with Crippen molar-refractivity contribution >= 4 is 23.6 Å². The maximum Gasteiger partial charge on any atom is 0.256 e. The summed E-state index contributed by atoms with van der Waals surface area (Å²) < 4.78 is 0. The van der Waals surface area contributed by atoms with Crippen molar-refractivity contribution in [2.24, 2.45) is 0 Å². The number of carbonyl (C=O) groups excluding carboxylic acids is 2. The first kappa shape index (κ1) is 11.3. The lowest BCUT2D eigenvalue weighted by atomic mass is 10.1. The Morgan fingerprint density at radius 3 is 2.50 bits per heavy atom. The fraction of sp³-hybridized carbons (Fsp3) is 0.600. The molecule has 0 fully saturated rings. The molecule has 14 heavy (non-hydrogen) atoms. The van der Waals surface area contributed by atoms with E-state index in [2.05, 4.69) is 0 Å². The fourth-order valence-electron chi connectivity index (χ4n) is 1.46. The second-order valence-corrected chi connectivity index (χ2v) is 4.48. The Morgan fingerprint density at radius 1 is 1.36 bits per heavy atom. The molecule has 1 aliphatic rings. The highest BCUT2D eigenvalue weighted by molar-refractivity contribution is 8.03. The molecule has 0 bridgehead atoms. The second kappa shape index (κ2) is 4.64. The molecule has 78 valence electrons. The van der Waals surface area contributed by atoms with Gasteiger partial charge >= 0.3 is 0 Å². The number of imide groups is 1. The van der Waals surface area contributed by atoms with E-state index < -0.39 is 0 Å². The summed E-state index contributed by atoms with van der Waals surface area (Å²) in [6, 6.07) is 0. The number of thioether (sulfide) groups is 1. The second-order valence-electron chi connectivity index (χ2n) is 3.12. The molecule has 0 saturated heterocycles. The van der Waals surface area contributed by atoms with Gasteiger partial charge in [0.25, 0.3) is 5.91 Å². The summed E-state index contributed by atoms with van der Waals surface area (Å²) in [7, 11) is 1.55. The molecule has 0 radical (unpaired) electrons. The predicted octanol–water partition coefficient (Wildman–Crippen LogP) is 1.79. The maximum absolute atomic E-state index is 11.7. The standard InChI is InChI=1S/C10H15NO2S/c1-4-7-8(14-5-2)6-9(12)11(3)10(7)13/h4-6H2,1-3H3. The summed E-state index contributed by atoms with van der Waals surface area (Å²) in [4.78, 5) is 25.3. The molecule has 1 aliphatic heterocycles. The quantitative estimate of drug-likeness (QED) is 0.671. The van der Waals surface area contributed by atoms with Crippen molar-refractivity contribution in [3.8, 4) is 0 Å². The molecule has 4 heteroatoms. The molecule has 0 atom stereocenters. The van der Waals surface area contributed by atoms with E-state index in [-0.39, 0.29) is 11.8 Å². The first-order valence-corrected chi connectivity index (χ1v) is 5.76. The van der Waals surface area contributed by atoms with Gasteiger partial charge in [0.15, 0.2) is 0 Å². The van der Waals surface area contributed by atoms with E-state index in [1.165, 1.54) is 4.90 Å². The minimum Gasteiger partial charge on any atom is -0.282 e. The first-order chi connectivity index (χ1) is 6.61. The Morgan fingerprint density at radius 2 is 2.00 bits per heavy atom. The minimum atomic E-state index is -0.125. The number of likely N-dealkylation sites (N-methyl/N-ethyl adjacent to an activating group) is 1. The number of amides is 2. The average molecular weight is 213 g/mol. The van der Waals surface area contributed by atoms with Crippen LogP contribution in [-0.2, 0) is 9.59 Å². The van der Waals surface area contributed by atoms with Crippen molar-refractivity contribution in [2.45, 2.75) is 26.7 Å². The van der Waals surface area contributed by atoms with Crippen LogP contribution in [0, 0.1) is 0 Å². The topological polar surface area (TPSA) is 37.4 Å². The molecule has 0 N–H and O–H groups in total. The van der Waals surface area contributed by atoms with Crippen LogP contribution in [0.3, 0.4) is 0 Å². The highest BCUT2D eigenvalue weighted by atomic mass is 32.2. The van der Waals surface area contributed by atoms with Crippen molar-refractivity contribution in [2.75, 3.05) is 12.8 Å². The third-order valence-corrected chi connectivity index (χ3v) is 3.29. The molecule has 0 saturated carbocycles. The molecule has 0 spiro atoms. The summed E-state index contributed by atoms with van der Waals surface area (Å²) in [5, 5.41) is 0. The molecule has 3 nitrogen and oxygen atoms in total. The van der Waals surface area contributed by atoms with Crippen LogP contribution in [-0.4, -0.2) is 29.5 Å². The molecular formula is C10H15NO2S. The number of hydrogen-bond acceptors (Lipinski definition) is 3. The Kier molecular flexibility index (Phi) is 3.75. The van der Waals surface area contributed by atoms with Crippen LogP contribution in [0.25, 0.3) is 0 Å². The van der Waals surface area contributed by atoms with Gasteiger partial charge in [0, 0.05) is 17.5 Å². The molecular weight excluding hydrogens is 198 g/mol. The summed E-state index contributed by atoms with van der Waals surface area (Å²) in [5.41, 5.74) is 0.805. The van der Waals surface area contributed by atoms with Crippen LogP contribution in [0.15, 0.2) is 10.5 Å². The lowest BCUT2D eigenvalue weighted by Crippen LogP contribution is -2.38.